The maximum atomic E-state index is 12.7. The molecule has 1 N–H and O–H groups in total. The quantitative estimate of drug-likeness (QED) is 0.391. The van der Waals surface area contributed by atoms with Crippen molar-refractivity contribution >= 4 is 23.0 Å². The molecule has 2 rings (SSSR count). The first kappa shape index (κ1) is 15.7. The van der Waals surface area contributed by atoms with Gasteiger partial charge in [0.2, 0.25) is 0 Å². The maximum Gasteiger partial charge on any atom is 0.200 e. The van der Waals surface area contributed by atoms with E-state index in [9.17, 15) is 9.90 Å². The largest absolute Gasteiger partial charge is 0.515 e. The van der Waals surface area contributed by atoms with Crippen molar-refractivity contribution in [3.63, 3.8) is 0 Å². The Bertz CT molecular complexity index is 740. The minimum Gasteiger partial charge on any atom is -0.515 e. The number of terminal acetylenes is 1. The van der Waals surface area contributed by atoms with Gasteiger partial charge in [0.1, 0.15) is 12.4 Å². The molecular formula is C18H13ClO3. The Morgan fingerprint density at radius 1 is 1.23 bits per heavy atom. The second-order valence-electron chi connectivity index (χ2n) is 4.37. The highest BCUT2D eigenvalue weighted by atomic mass is 35.5. The van der Waals surface area contributed by atoms with Gasteiger partial charge in [-0.2, -0.15) is 0 Å². The first-order valence-electron chi connectivity index (χ1n) is 6.47. The average Bonchev–Trinajstić information content (AvgIpc) is 2.55. The number of ketones is 1. The molecule has 0 amide bonds. The molecule has 3 nitrogen and oxygen atoms in total. The molecule has 0 heterocycles. The van der Waals surface area contributed by atoms with Gasteiger partial charge in [0.15, 0.2) is 5.78 Å². The third-order valence-electron chi connectivity index (χ3n) is 2.97. The highest BCUT2D eigenvalue weighted by Gasteiger charge is 2.18. The third kappa shape index (κ3) is 3.49. The molecular weight excluding hydrogens is 300 g/mol. The molecule has 0 radical (unpaired) electrons. The summed E-state index contributed by atoms with van der Waals surface area (Å²) in [5, 5.41) is 10.0. The summed E-state index contributed by atoms with van der Waals surface area (Å²) in [5.41, 5.74) is 1.03. The fourth-order valence-electron chi connectivity index (χ4n) is 1.94. The van der Waals surface area contributed by atoms with Crippen LogP contribution in [0.25, 0.3) is 5.57 Å². The number of aliphatic hydroxyl groups is 1. The number of carbonyl (C=O) groups is 1. The van der Waals surface area contributed by atoms with Crippen LogP contribution in [0, 0.1) is 12.3 Å². The van der Waals surface area contributed by atoms with E-state index in [1.165, 1.54) is 0 Å². The molecule has 4 heteroatoms. The molecule has 0 unspecified atom stereocenters. The van der Waals surface area contributed by atoms with Gasteiger partial charge in [0.05, 0.1) is 17.4 Å². The Morgan fingerprint density at radius 2 is 1.91 bits per heavy atom. The standard InChI is InChI=1S/C18H13ClO3/c1-2-11-22-17-6-4-3-5-15(17)18(21)16(12-20)13-7-9-14(19)10-8-13/h1,3-10,12,20H,11H2/b16-12+. The number of allylic oxidation sites excluding steroid dienone is 1. The number of carbonyl (C=O) groups excluding carboxylic acids is 1. The number of hydrogen-bond donors (Lipinski definition) is 1. The summed E-state index contributed by atoms with van der Waals surface area (Å²) >= 11 is 5.83. The van der Waals surface area contributed by atoms with E-state index in [-0.39, 0.29) is 18.0 Å². The number of halogens is 1. The van der Waals surface area contributed by atoms with Crippen LogP contribution in [0.4, 0.5) is 0 Å². The smallest absolute Gasteiger partial charge is 0.200 e. The van der Waals surface area contributed by atoms with Crippen molar-refractivity contribution in [3.05, 3.63) is 70.9 Å². The van der Waals surface area contributed by atoms with Crippen LogP contribution in [-0.2, 0) is 0 Å². The van der Waals surface area contributed by atoms with Gasteiger partial charge >= 0.3 is 0 Å². The van der Waals surface area contributed by atoms with Crippen LogP contribution in [0.15, 0.2) is 54.8 Å². The van der Waals surface area contributed by atoms with Crippen molar-refractivity contribution in [2.24, 2.45) is 0 Å². The van der Waals surface area contributed by atoms with Crippen LogP contribution in [0.5, 0.6) is 5.75 Å². The second-order valence-corrected chi connectivity index (χ2v) is 4.80. The van der Waals surface area contributed by atoms with Crippen LogP contribution in [0.2, 0.25) is 5.02 Å². The van der Waals surface area contributed by atoms with Gasteiger partial charge in [-0.3, -0.25) is 4.79 Å². The predicted octanol–water partition coefficient (Wildman–Crippen LogP) is 4.13. The van der Waals surface area contributed by atoms with Crippen molar-refractivity contribution in [1.82, 2.24) is 0 Å². The molecule has 0 aliphatic carbocycles. The lowest BCUT2D eigenvalue weighted by Gasteiger charge is -2.10. The molecule has 0 atom stereocenters. The second kappa shape index (κ2) is 7.35. The van der Waals surface area contributed by atoms with E-state index in [2.05, 4.69) is 5.92 Å². The summed E-state index contributed by atoms with van der Waals surface area (Å²) in [6.45, 7) is 0.0589. The topological polar surface area (TPSA) is 46.5 Å². The summed E-state index contributed by atoms with van der Waals surface area (Å²) < 4.78 is 5.37. The zero-order valence-electron chi connectivity index (χ0n) is 11.6. The van der Waals surface area contributed by atoms with E-state index in [4.69, 9.17) is 22.8 Å². The molecule has 0 aromatic heterocycles. The van der Waals surface area contributed by atoms with E-state index in [1.54, 1.807) is 48.5 Å². The first-order valence-corrected chi connectivity index (χ1v) is 6.85. The molecule has 0 fully saturated rings. The van der Waals surface area contributed by atoms with Gasteiger partial charge in [0.25, 0.3) is 0 Å². The van der Waals surface area contributed by atoms with Crippen LogP contribution >= 0.6 is 11.6 Å². The van der Waals surface area contributed by atoms with Crippen LogP contribution in [-0.4, -0.2) is 17.5 Å². The number of benzene rings is 2. The van der Waals surface area contributed by atoms with Crippen molar-refractivity contribution in [2.45, 2.75) is 0 Å². The summed E-state index contributed by atoms with van der Waals surface area (Å²) in [6, 6.07) is 13.3. The molecule has 0 aliphatic rings. The Hall–Kier alpha value is -2.70. The molecule has 2 aromatic rings. The van der Waals surface area contributed by atoms with Crippen molar-refractivity contribution in [2.75, 3.05) is 6.61 Å². The molecule has 0 saturated heterocycles. The Kier molecular flexibility index (Phi) is 5.24. The molecule has 0 saturated carbocycles. The van der Waals surface area contributed by atoms with E-state index >= 15 is 0 Å². The van der Waals surface area contributed by atoms with E-state index < -0.39 is 0 Å². The maximum absolute atomic E-state index is 12.7. The van der Waals surface area contributed by atoms with Gasteiger partial charge in [-0.25, -0.2) is 0 Å². The summed E-state index contributed by atoms with van der Waals surface area (Å²) in [6.07, 6.45) is 5.95. The lowest BCUT2D eigenvalue weighted by atomic mass is 9.97. The lowest BCUT2D eigenvalue weighted by molar-refractivity contribution is 0.105. The molecule has 0 spiro atoms. The van der Waals surface area contributed by atoms with Crippen molar-refractivity contribution in [1.29, 1.82) is 0 Å². The Labute approximate surface area is 133 Å². The molecule has 0 bridgehead atoms. The predicted molar refractivity (Wildman–Crippen MR) is 87.2 cm³/mol. The highest BCUT2D eigenvalue weighted by Crippen LogP contribution is 2.26. The monoisotopic (exact) mass is 312 g/mol. The van der Waals surface area contributed by atoms with Gasteiger partial charge in [-0.1, -0.05) is 41.8 Å². The normalized spacial score (nSPS) is 10.8. The molecule has 22 heavy (non-hydrogen) atoms. The summed E-state index contributed by atoms with van der Waals surface area (Å²) in [7, 11) is 0. The van der Waals surface area contributed by atoms with Crippen molar-refractivity contribution in [3.8, 4) is 18.1 Å². The van der Waals surface area contributed by atoms with E-state index in [1.807, 2.05) is 0 Å². The first-order chi connectivity index (χ1) is 10.7. The lowest BCUT2D eigenvalue weighted by Crippen LogP contribution is -2.07. The number of rotatable bonds is 5. The Morgan fingerprint density at radius 3 is 2.55 bits per heavy atom. The van der Waals surface area contributed by atoms with Gasteiger partial charge < -0.3 is 9.84 Å². The third-order valence-corrected chi connectivity index (χ3v) is 3.22. The minimum absolute atomic E-state index is 0.0589. The number of aliphatic hydroxyl groups excluding tert-OH is 1. The van der Waals surface area contributed by atoms with Gasteiger partial charge in [-0.05, 0) is 29.8 Å². The van der Waals surface area contributed by atoms with Crippen LogP contribution < -0.4 is 4.74 Å². The number of ether oxygens (including phenoxy) is 1. The number of hydrogen-bond acceptors (Lipinski definition) is 3. The fraction of sp³-hybridized carbons (Fsp3) is 0.0556. The fourth-order valence-corrected chi connectivity index (χ4v) is 2.06. The van der Waals surface area contributed by atoms with Gasteiger partial charge in [-0.15, -0.1) is 6.42 Å². The number of Topliss-reactive ketones (excluding diaryl/α,β-unsaturated/α-hetero) is 1. The van der Waals surface area contributed by atoms with E-state index in [0.717, 1.165) is 6.26 Å². The molecule has 2 aromatic carbocycles. The SMILES string of the molecule is C#CCOc1ccccc1C(=O)/C(=C/O)c1ccc(Cl)cc1. The summed E-state index contributed by atoms with van der Waals surface area (Å²) in [4.78, 5) is 12.7. The van der Waals surface area contributed by atoms with Crippen LogP contribution in [0.3, 0.4) is 0 Å². The minimum atomic E-state index is -0.363. The van der Waals surface area contributed by atoms with Crippen molar-refractivity contribution < 1.29 is 14.6 Å². The Balaban J connectivity index is 2.38. The number of para-hydroxylation sites is 1. The molecule has 0 aliphatic heterocycles. The summed E-state index contributed by atoms with van der Waals surface area (Å²) in [5.74, 6) is 2.36. The highest BCUT2D eigenvalue weighted by molar-refractivity contribution is 6.31. The zero-order chi connectivity index (χ0) is 15.9. The van der Waals surface area contributed by atoms with Gasteiger partial charge in [0, 0.05) is 5.02 Å². The van der Waals surface area contributed by atoms with E-state index in [0.29, 0.717) is 21.9 Å². The molecule has 110 valence electrons. The zero-order valence-corrected chi connectivity index (χ0v) is 12.4. The average molecular weight is 313 g/mol. The van der Waals surface area contributed by atoms with Crippen LogP contribution in [0.1, 0.15) is 15.9 Å².